The molecule has 2 aromatic rings. The van der Waals surface area contributed by atoms with Crippen molar-refractivity contribution in [2.45, 2.75) is 24.2 Å². The Balaban J connectivity index is 1.28. The molecule has 184 valence electrons. The van der Waals surface area contributed by atoms with E-state index in [2.05, 4.69) is 5.32 Å². The van der Waals surface area contributed by atoms with Crippen LogP contribution in [0.3, 0.4) is 0 Å². The van der Waals surface area contributed by atoms with E-state index in [-0.39, 0.29) is 16.7 Å². The van der Waals surface area contributed by atoms with Gasteiger partial charge in [-0.3, -0.25) is 4.79 Å². The number of methoxy groups -OCH3 is 2. The number of sulfonamides is 1. The highest BCUT2D eigenvalue weighted by Gasteiger charge is 2.32. The molecule has 1 amide bonds. The summed E-state index contributed by atoms with van der Waals surface area (Å²) < 4.78 is 49.2. The van der Waals surface area contributed by atoms with Crippen molar-refractivity contribution in [3.8, 4) is 23.0 Å². The van der Waals surface area contributed by atoms with E-state index in [0.29, 0.717) is 75.1 Å². The quantitative estimate of drug-likeness (QED) is 0.605. The summed E-state index contributed by atoms with van der Waals surface area (Å²) in [4.78, 5) is 12.8. The summed E-state index contributed by atoms with van der Waals surface area (Å²) in [5, 5.41) is 2.98. The van der Waals surface area contributed by atoms with Crippen LogP contribution in [0.4, 0.5) is 0 Å². The van der Waals surface area contributed by atoms with Crippen molar-refractivity contribution in [1.82, 2.24) is 9.62 Å². The van der Waals surface area contributed by atoms with Crippen LogP contribution in [-0.4, -0.2) is 65.7 Å². The van der Waals surface area contributed by atoms with Gasteiger partial charge in [0.25, 0.3) is 0 Å². The molecule has 0 atom stereocenters. The monoisotopic (exact) mass is 490 g/mol. The van der Waals surface area contributed by atoms with Crippen molar-refractivity contribution in [1.29, 1.82) is 0 Å². The molecule has 0 saturated carbocycles. The number of hydrogen-bond acceptors (Lipinski definition) is 7. The number of fused-ring (bicyclic) bond motifs is 1. The maximum absolute atomic E-state index is 13.1. The Labute approximate surface area is 200 Å². The molecule has 9 nitrogen and oxygen atoms in total. The highest BCUT2D eigenvalue weighted by molar-refractivity contribution is 7.89. The van der Waals surface area contributed by atoms with E-state index in [9.17, 15) is 13.2 Å². The van der Waals surface area contributed by atoms with Gasteiger partial charge in [0.15, 0.2) is 23.0 Å². The zero-order valence-electron chi connectivity index (χ0n) is 19.4. The standard InChI is InChI=1S/C24H30N2O7S/c1-30-20-5-3-17(15-22(20)31-2)7-10-25-24(27)18-8-11-26(12-9-18)34(28,29)19-4-6-21-23(16-19)33-14-13-32-21/h3-6,15-16,18H,7-14H2,1-2H3,(H,25,27). The topological polar surface area (TPSA) is 103 Å². The fraction of sp³-hybridized carbons (Fsp3) is 0.458. The molecule has 0 spiro atoms. The molecule has 4 rings (SSSR count). The molecule has 0 aromatic heterocycles. The van der Waals surface area contributed by atoms with E-state index in [1.54, 1.807) is 20.3 Å². The van der Waals surface area contributed by atoms with Crippen molar-refractivity contribution in [3.63, 3.8) is 0 Å². The maximum atomic E-state index is 13.1. The molecule has 0 unspecified atom stereocenters. The number of ether oxygens (including phenoxy) is 4. The molecule has 1 fully saturated rings. The molecule has 2 aliphatic heterocycles. The number of hydrogen-bond donors (Lipinski definition) is 1. The average molecular weight is 491 g/mol. The molecule has 2 aromatic carbocycles. The Morgan fingerprint density at radius 3 is 2.41 bits per heavy atom. The Morgan fingerprint density at radius 2 is 1.71 bits per heavy atom. The van der Waals surface area contributed by atoms with Gasteiger partial charge in [-0.1, -0.05) is 6.07 Å². The molecule has 34 heavy (non-hydrogen) atoms. The average Bonchev–Trinajstić information content (AvgIpc) is 2.88. The fourth-order valence-corrected chi connectivity index (χ4v) is 5.69. The van der Waals surface area contributed by atoms with Gasteiger partial charge < -0.3 is 24.3 Å². The Morgan fingerprint density at radius 1 is 1.00 bits per heavy atom. The van der Waals surface area contributed by atoms with Gasteiger partial charge in [0.2, 0.25) is 15.9 Å². The number of rotatable bonds is 8. The lowest BCUT2D eigenvalue weighted by atomic mass is 9.97. The van der Waals surface area contributed by atoms with Crippen molar-refractivity contribution in [2.24, 2.45) is 5.92 Å². The lowest BCUT2D eigenvalue weighted by Crippen LogP contribution is -2.43. The first-order valence-corrected chi connectivity index (χ1v) is 12.7. The molecular weight excluding hydrogens is 460 g/mol. The van der Waals surface area contributed by atoms with Crippen LogP contribution >= 0.6 is 0 Å². The summed E-state index contributed by atoms with van der Waals surface area (Å²) in [5.74, 6) is 2.05. The van der Waals surface area contributed by atoms with Gasteiger partial charge in [0, 0.05) is 31.6 Å². The van der Waals surface area contributed by atoms with E-state index < -0.39 is 10.0 Å². The smallest absolute Gasteiger partial charge is 0.243 e. The van der Waals surface area contributed by atoms with Crippen molar-refractivity contribution < 1.29 is 32.2 Å². The molecule has 1 saturated heterocycles. The first-order valence-electron chi connectivity index (χ1n) is 11.3. The summed E-state index contributed by atoms with van der Waals surface area (Å²) in [5.41, 5.74) is 1.03. The van der Waals surface area contributed by atoms with E-state index in [1.165, 1.54) is 16.4 Å². The van der Waals surface area contributed by atoms with E-state index >= 15 is 0 Å². The summed E-state index contributed by atoms with van der Waals surface area (Å²) in [6.45, 7) is 1.92. The molecule has 0 radical (unpaired) electrons. The SMILES string of the molecule is COc1ccc(CCNC(=O)C2CCN(S(=O)(=O)c3ccc4c(c3)OCCO4)CC2)cc1OC. The van der Waals surface area contributed by atoms with Crippen LogP contribution in [0.25, 0.3) is 0 Å². The summed E-state index contributed by atoms with van der Waals surface area (Å²) in [7, 11) is -0.491. The minimum absolute atomic E-state index is 0.0446. The molecule has 0 bridgehead atoms. The number of amides is 1. The number of benzene rings is 2. The van der Waals surface area contributed by atoms with Crippen molar-refractivity contribution in [2.75, 3.05) is 47.1 Å². The zero-order valence-corrected chi connectivity index (χ0v) is 20.2. The van der Waals surface area contributed by atoms with E-state index in [4.69, 9.17) is 18.9 Å². The van der Waals surface area contributed by atoms with Gasteiger partial charge in [-0.2, -0.15) is 4.31 Å². The van der Waals surface area contributed by atoms with Crippen LogP contribution in [0, 0.1) is 5.92 Å². The minimum atomic E-state index is -3.67. The summed E-state index contributed by atoms with van der Waals surface area (Å²) in [6, 6.07) is 10.3. The summed E-state index contributed by atoms with van der Waals surface area (Å²) >= 11 is 0. The Hall–Kier alpha value is -2.98. The highest BCUT2D eigenvalue weighted by Crippen LogP contribution is 2.34. The number of piperidine rings is 1. The van der Waals surface area contributed by atoms with Gasteiger partial charge >= 0.3 is 0 Å². The summed E-state index contributed by atoms with van der Waals surface area (Å²) in [6.07, 6.45) is 1.61. The largest absolute Gasteiger partial charge is 0.493 e. The van der Waals surface area contributed by atoms with Crippen LogP contribution in [0.1, 0.15) is 18.4 Å². The van der Waals surface area contributed by atoms with Crippen LogP contribution in [0.2, 0.25) is 0 Å². The molecule has 10 heteroatoms. The van der Waals surface area contributed by atoms with E-state index in [0.717, 1.165) is 5.56 Å². The van der Waals surface area contributed by atoms with Crippen LogP contribution in [0.5, 0.6) is 23.0 Å². The second kappa shape index (κ2) is 10.5. The molecule has 2 aliphatic rings. The zero-order chi connectivity index (χ0) is 24.1. The highest BCUT2D eigenvalue weighted by atomic mass is 32.2. The van der Waals surface area contributed by atoms with E-state index in [1.807, 2.05) is 18.2 Å². The van der Waals surface area contributed by atoms with Gasteiger partial charge in [-0.25, -0.2) is 8.42 Å². The predicted molar refractivity (Wildman–Crippen MR) is 125 cm³/mol. The van der Waals surface area contributed by atoms with Gasteiger partial charge in [0.1, 0.15) is 13.2 Å². The van der Waals surface area contributed by atoms with Crippen molar-refractivity contribution in [3.05, 3.63) is 42.0 Å². The Bertz CT molecular complexity index is 1130. The van der Waals surface area contributed by atoms with Crippen molar-refractivity contribution >= 4 is 15.9 Å². The molecular formula is C24H30N2O7S. The lowest BCUT2D eigenvalue weighted by Gasteiger charge is -2.31. The number of carbonyl (C=O) groups is 1. The third kappa shape index (κ3) is 5.23. The third-order valence-corrected chi connectivity index (χ3v) is 8.03. The van der Waals surface area contributed by atoms with Crippen LogP contribution < -0.4 is 24.3 Å². The third-order valence-electron chi connectivity index (χ3n) is 6.14. The first kappa shape index (κ1) is 24.2. The first-order chi connectivity index (χ1) is 16.4. The Kier molecular flexibility index (Phi) is 7.47. The van der Waals surface area contributed by atoms with Gasteiger partial charge in [0.05, 0.1) is 19.1 Å². The second-order valence-corrected chi connectivity index (χ2v) is 10.2. The van der Waals surface area contributed by atoms with Crippen LogP contribution in [0.15, 0.2) is 41.3 Å². The molecule has 0 aliphatic carbocycles. The van der Waals surface area contributed by atoms with Crippen LogP contribution in [-0.2, 0) is 21.2 Å². The molecule has 1 N–H and O–H groups in total. The second-order valence-electron chi connectivity index (χ2n) is 8.21. The minimum Gasteiger partial charge on any atom is -0.493 e. The van der Waals surface area contributed by atoms with Gasteiger partial charge in [-0.05, 0) is 49.1 Å². The lowest BCUT2D eigenvalue weighted by molar-refractivity contribution is -0.126. The fourth-order valence-electron chi connectivity index (χ4n) is 4.20. The molecule has 2 heterocycles. The normalized spacial score (nSPS) is 16.6. The number of carbonyl (C=O) groups excluding carboxylic acids is 1. The maximum Gasteiger partial charge on any atom is 0.243 e. The predicted octanol–water partition coefficient (Wildman–Crippen LogP) is 2.23. The van der Waals surface area contributed by atoms with Gasteiger partial charge in [-0.15, -0.1) is 0 Å². The number of nitrogens with zero attached hydrogens (tertiary/aromatic N) is 1. The number of nitrogens with one attached hydrogen (secondary N) is 1.